The summed E-state index contributed by atoms with van der Waals surface area (Å²) < 4.78 is 1.63. The molecule has 1 saturated carbocycles. The first-order valence-corrected chi connectivity index (χ1v) is 8.01. The third-order valence-electron chi connectivity index (χ3n) is 4.48. The molecule has 1 fully saturated rings. The summed E-state index contributed by atoms with van der Waals surface area (Å²) in [6.45, 7) is 3.63. The minimum Gasteiger partial charge on any atom is -0.336 e. The second-order valence-corrected chi connectivity index (χ2v) is 6.66. The Morgan fingerprint density at radius 2 is 2.17 bits per heavy atom. The minimum absolute atomic E-state index is 0.435. The number of aromatic nitrogens is 6. The minimum atomic E-state index is -0.702. The van der Waals surface area contributed by atoms with Gasteiger partial charge in [0.25, 0.3) is 0 Å². The predicted octanol–water partition coefficient (Wildman–Crippen LogP) is 2.82. The molecule has 0 amide bonds. The first-order chi connectivity index (χ1) is 11.6. The van der Waals surface area contributed by atoms with Gasteiger partial charge in [0.05, 0.1) is 30.3 Å². The van der Waals surface area contributed by atoms with Crippen LogP contribution in [-0.2, 0) is 5.54 Å². The van der Waals surface area contributed by atoms with Crippen LogP contribution in [0.25, 0.3) is 11.0 Å². The lowest BCUT2D eigenvalue weighted by Crippen LogP contribution is -2.24. The zero-order valence-corrected chi connectivity index (χ0v) is 13.6. The number of nitriles is 1. The van der Waals surface area contributed by atoms with E-state index in [1.807, 2.05) is 13.8 Å². The van der Waals surface area contributed by atoms with E-state index >= 15 is 0 Å². The van der Waals surface area contributed by atoms with Crippen molar-refractivity contribution >= 4 is 22.5 Å². The van der Waals surface area contributed by atoms with E-state index in [0.29, 0.717) is 11.7 Å². The van der Waals surface area contributed by atoms with Crippen LogP contribution in [0.2, 0.25) is 0 Å². The molecule has 0 saturated heterocycles. The molecule has 0 bridgehead atoms. The van der Waals surface area contributed by atoms with E-state index in [1.165, 1.54) is 6.42 Å². The fourth-order valence-electron chi connectivity index (χ4n) is 2.68. The van der Waals surface area contributed by atoms with Gasteiger partial charge in [-0.3, -0.25) is 9.78 Å². The molecule has 0 aromatic carbocycles. The molecule has 0 spiro atoms. The van der Waals surface area contributed by atoms with E-state index in [1.54, 1.807) is 23.3 Å². The number of anilines is 2. The summed E-state index contributed by atoms with van der Waals surface area (Å²) in [6.07, 6.45) is 8.71. The topological polar surface area (TPSA) is 108 Å². The number of fused-ring (bicyclic) bond motifs is 1. The number of aromatic amines is 1. The molecule has 0 aliphatic heterocycles. The van der Waals surface area contributed by atoms with Crippen LogP contribution < -0.4 is 5.32 Å². The maximum absolute atomic E-state index is 9.23. The van der Waals surface area contributed by atoms with E-state index in [-0.39, 0.29) is 0 Å². The summed E-state index contributed by atoms with van der Waals surface area (Å²) in [5.74, 6) is 1.99. The van der Waals surface area contributed by atoms with Gasteiger partial charge >= 0.3 is 0 Å². The van der Waals surface area contributed by atoms with Gasteiger partial charge in [-0.05, 0) is 26.7 Å². The highest BCUT2D eigenvalue weighted by Gasteiger charge is 2.24. The molecule has 8 nitrogen and oxygen atoms in total. The molecule has 3 aromatic heterocycles. The summed E-state index contributed by atoms with van der Waals surface area (Å²) in [7, 11) is 0. The van der Waals surface area contributed by atoms with Gasteiger partial charge in [0, 0.05) is 5.92 Å². The van der Waals surface area contributed by atoms with E-state index in [2.05, 4.69) is 36.7 Å². The van der Waals surface area contributed by atoms with Crippen molar-refractivity contribution in [2.24, 2.45) is 0 Å². The molecule has 3 aromatic rings. The summed E-state index contributed by atoms with van der Waals surface area (Å²) in [4.78, 5) is 9.29. The van der Waals surface area contributed by atoms with Gasteiger partial charge in [-0.25, -0.2) is 9.97 Å². The molecule has 0 radical (unpaired) electrons. The lowest BCUT2D eigenvalue weighted by molar-refractivity contribution is 0.403. The third-order valence-corrected chi connectivity index (χ3v) is 4.48. The molecular weight excluding hydrogens is 304 g/mol. The maximum Gasteiger partial charge on any atom is 0.160 e. The van der Waals surface area contributed by atoms with Gasteiger partial charge in [0.15, 0.2) is 5.82 Å². The fraction of sp³-hybridized carbons (Fsp3) is 0.438. The Hall–Kier alpha value is -2.95. The molecule has 1 aliphatic carbocycles. The summed E-state index contributed by atoms with van der Waals surface area (Å²) >= 11 is 0. The average Bonchev–Trinajstić information content (AvgIpc) is 3.14. The molecule has 8 heteroatoms. The second-order valence-electron chi connectivity index (χ2n) is 6.66. The Morgan fingerprint density at radius 1 is 1.33 bits per heavy atom. The lowest BCUT2D eigenvalue weighted by atomic mass is 9.85. The van der Waals surface area contributed by atoms with Crippen LogP contribution in [0, 0.1) is 11.3 Å². The predicted molar refractivity (Wildman–Crippen MR) is 88.7 cm³/mol. The van der Waals surface area contributed by atoms with E-state index in [9.17, 15) is 5.26 Å². The molecule has 4 rings (SSSR count). The highest BCUT2D eigenvalue weighted by Crippen LogP contribution is 2.36. The van der Waals surface area contributed by atoms with Gasteiger partial charge in [0.1, 0.15) is 22.4 Å². The van der Waals surface area contributed by atoms with E-state index < -0.39 is 5.54 Å². The largest absolute Gasteiger partial charge is 0.336 e. The molecule has 122 valence electrons. The highest BCUT2D eigenvalue weighted by molar-refractivity contribution is 5.86. The molecule has 0 atom stereocenters. The van der Waals surface area contributed by atoms with Crippen molar-refractivity contribution in [2.75, 3.05) is 5.32 Å². The number of H-pyrrole nitrogens is 1. The van der Waals surface area contributed by atoms with Crippen molar-refractivity contribution in [3.63, 3.8) is 0 Å². The van der Waals surface area contributed by atoms with Crippen LogP contribution in [0.4, 0.5) is 11.5 Å². The van der Waals surface area contributed by atoms with Crippen LogP contribution in [-0.4, -0.2) is 29.9 Å². The van der Waals surface area contributed by atoms with Crippen LogP contribution in [0.1, 0.15) is 44.9 Å². The quantitative estimate of drug-likeness (QED) is 0.764. The van der Waals surface area contributed by atoms with Crippen LogP contribution in [0.15, 0.2) is 18.6 Å². The number of nitrogens with zero attached hydrogens (tertiary/aromatic N) is 6. The molecule has 3 heterocycles. The standard InChI is InChI=1S/C16H18N8/c1-16(2,9-17)24-8-11(6-19-24)20-15-13-12(7-18-23-13)21-14(22-15)10-4-3-5-10/h6-8,10H,3-5H2,1-2H3,(H,18,23)(H,20,21,22). The van der Waals surface area contributed by atoms with Crippen molar-refractivity contribution < 1.29 is 0 Å². The van der Waals surface area contributed by atoms with E-state index in [4.69, 9.17) is 0 Å². The van der Waals surface area contributed by atoms with E-state index in [0.717, 1.165) is 35.4 Å². The Labute approximate surface area is 138 Å². The third kappa shape index (κ3) is 2.38. The zero-order valence-electron chi connectivity index (χ0n) is 13.6. The Morgan fingerprint density at radius 3 is 2.88 bits per heavy atom. The molecule has 1 aliphatic rings. The van der Waals surface area contributed by atoms with Crippen molar-refractivity contribution in [1.82, 2.24) is 29.9 Å². The summed E-state index contributed by atoms with van der Waals surface area (Å²) in [6, 6.07) is 2.23. The monoisotopic (exact) mass is 322 g/mol. The Balaban J connectivity index is 1.69. The summed E-state index contributed by atoms with van der Waals surface area (Å²) in [5.41, 5.74) is 1.64. The Kier molecular flexibility index (Phi) is 3.23. The van der Waals surface area contributed by atoms with Gasteiger partial charge in [-0.2, -0.15) is 15.5 Å². The fourth-order valence-corrected chi connectivity index (χ4v) is 2.68. The Bertz CT molecular complexity index is 925. The van der Waals surface area contributed by atoms with Crippen LogP contribution in [0.5, 0.6) is 0 Å². The van der Waals surface area contributed by atoms with Crippen LogP contribution >= 0.6 is 0 Å². The second kappa shape index (κ2) is 5.30. The first kappa shape index (κ1) is 14.6. The van der Waals surface area contributed by atoms with Crippen molar-refractivity contribution in [3.05, 3.63) is 24.4 Å². The van der Waals surface area contributed by atoms with Gasteiger partial charge in [-0.1, -0.05) is 6.42 Å². The number of hydrogen-bond acceptors (Lipinski definition) is 6. The highest BCUT2D eigenvalue weighted by atomic mass is 15.3. The molecule has 2 N–H and O–H groups in total. The SMILES string of the molecule is CC(C)(C#N)n1cc(Nc2nc(C3CCC3)nc3cn[nH]c23)cn1. The van der Waals surface area contributed by atoms with Gasteiger partial charge < -0.3 is 5.32 Å². The van der Waals surface area contributed by atoms with Crippen LogP contribution in [0.3, 0.4) is 0 Å². The van der Waals surface area contributed by atoms with Gasteiger partial charge in [0.2, 0.25) is 0 Å². The molecule has 24 heavy (non-hydrogen) atoms. The molecule has 0 unspecified atom stereocenters. The van der Waals surface area contributed by atoms with Crippen molar-refractivity contribution in [2.45, 2.75) is 44.6 Å². The average molecular weight is 322 g/mol. The van der Waals surface area contributed by atoms with Crippen molar-refractivity contribution in [3.8, 4) is 6.07 Å². The number of rotatable bonds is 4. The summed E-state index contributed by atoms with van der Waals surface area (Å²) in [5, 5.41) is 23.8. The van der Waals surface area contributed by atoms with Crippen molar-refractivity contribution in [1.29, 1.82) is 5.26 Å². The van der Waals surface area contributed by atoms with Gasteiger partial charge in [-0.15, -0.1) is 0 Å². The lowest BCUT2D eigenvalue weighted by Gasteiger charge is -2.24. The zero-order chi connectivity index (χ0) is 16.7. The smallest absolute Gasteiger partial charge is 0.160 e. The number of hydrogen-bond donors (Lipinski definition) is 2. The first-order valence-electron chi connectivity index (χ1n) is 8.01. The molecular formula is C16H18N8. The number of nitrogens with one attached hydrogen (secondary N) is 2. The normalized spacial score (nSPS) is 15.2. The maximum atomic E-state index is 9.23.